The van der Waals surface area contributed by atoms with E-state index < -0.39 is 0 Å². The fraction of sp³-hybridized carbons (Fsp3) is 0. The van der Waals surface area contributed by atoms with Crippen LogP contribution in [0.25, 0.3) is 121 Å². The summed E-state index contributed by atoms with van der Waals surface area (Å²) in [5.74, 6) is 0.635. The van der Waals surface area contributed by atoms with Crippen LogP contribution in [0.15, 0.2) is 186 Å². The van der Waals surface area contributed by atoms with Crippen LogP contribution in [-0.4, -0.2) is 19.1 Å². The molecular formula is C52H30N4O. The molecular weight excluding hydrogens is 697 g/mol. The Morgan fingerprint density at radius 1 is 0.404 bits per heavy atom. The second-order valence-electron chi connectivity index (χ2n) is 14.9. The zero-order chi connectivity index (χ0) is 37.2. The van der Waals surface area contributed by atoms with Crippen molar-refractivity contribution in [2.45, 2.75) is 0 Å². The first-order valence-corrected chi connectivity index (χ1v) is 19.3. The van der Waals surface area contributed by atoms with Gasteiger partial charge in [-0.1, -0.05) is 127 Å². The van der Waals surface area contributed by atoms with Gasteiger partial charge >= 0.3 is 0 Å². The van der Waals surface area contributed by atoms with Crippen LogP contribution >= 0.6 is 0 Å². The summed E-state index contributed by atoms with van der Waals surface area (Å²) in [7, 11) is 0. The van der Waals surface area contributed by atoms with Gasteiger partial charge in [-0.25, -0.2) is 9.97 Å². The third-order valence-electron chi connectivity index (χ3n) is 11.9. The fourth-order valence-electron chi connectivity index (χ4n) is 9.39. The first kappa shape index (κ1) is 30.6. The highest BCUT2D eigenvalue weighted by atomic mass is 16.3. The molecule has 13 rings (SSSR count). The lowest BCUT2D eigenvalue weighted by molar-refractivity contribution is 0.673. The standard InChI is InChI=1S/C52H30N4O/c1-2-14-33(15-3-1)48-41-25-23-32-13-6-7-17-36(32)49(41)54-52(53-48)56-42-20-10-8-19-39(42)46-43(56)29-27-40-47-44(28-26-38-37-18-9-11-21-45(37)57-51(38)47)55(50(40)46)35-24-22-31-12-4-5-16-34(31)30-35/h1-30H. The normalized spacial score (nSPS) is 12.2. The van der Waals surface area contributed by atoms with Crippen LogP contribution in [0, 0.1) is 0 Å². The van der Waals surface area contributed by atoms with Gasteiger partial charge in [-0.05, 0) is 70.8 Å². The third kappa shape index (κ3) is 4.23. The molecule has 264 valence electrons. The molecule has 0 bridgehead atoms. The monoisotopic (exact) mass is 726 g/mol. The number of nitrogens with zero attached hydrogens (tertiary/aromatic N) is 4. The minimum atomic E-state index is 0.635. The van der Waals surface area contributed by atoms with E-state index in [9.17, 15) is 0 Å². The molecule has 0 aliphatic rings. The van der Waals surface area contributed by atoms with E-state index in [1.807, 2.05) is 6.07 Å². The van der Waals surface area contributed by atoms with Gasteiger partial charge in [0.25, 0.3) is 0 Å². The molecule has 0 spiro atoms. The smallest absolute Gasteiger partial charge is 0.235 e. The molecule has 4 aromatic heterocycles. The van der Waals surface area contributed by atoms with Gasteiger partial charge in [-0.3, -0.25) is 4.57 Å². The number of fused-ring (bicyclic) bond motifs is 15. The van der Waals surface area contributed by atoms with Crippen LogP contribution in [0.1, 0.15) is 0 Å². The quantitative estimate of drug-likeness (QED) is 0.170. The average Bonchev–Trinajstić information content (AvgIpc) is 3.94. The largest absolute Gasteiger partial charge is 0.455 e. The molecule has 0 aliphatic carbocycles. The van der Waals surface area contributed by atoms with Crippen molar-refractivity contribution in [3.05, 3.63) is 182 Å². The van der Waals surface area contributed by atoms with E-state index in [1.54, 1.807) is 0 Å². The van der Waals surface area contributed by atoms with Crippen molar-refractivity contribution in [1.82, 2.24) is 19.1 Å². The summed E-state index contributed by atoms with van der Waals surface area (Å²) in [4.78, 5) is 10.9. The van der Waals surface area contributed by atoms with E-state index in [4.69, 9.17) is 14.4 Å². The summed E-state index contributed by atoms with van der Waals surface area (Å²) in [6.45, 7) is 0. The molecule has 0 unspecified atom stereocenters. The van der Waals surface area contributed by atoms with Crippen LogP contribution in [0.3, 0.4) is 0 Å². The van der Waals surface area contributed by atoms with Gasteiger partial charge in [0.05, 0.1) is 38.7 Å². The number of hydrogen-bond donors (Lipinski definition) is 0. The van der Waals surface area contributed by atoms with Crippen molar-refractivity contribution in [2.24, 2.45) is 0 Å². The maximum atomic E-state index is 6.76. The number of benzene rings is 9. The Bertz CT molecular complexity index is 3810. The Morgan fingerprint density at radius 2 is 1.07 bits per heavy atom. The lowest BCUT2D eigenvalue weighted by Crippen LogP contribution is -2.04. The summed E-state index contributed by atoms with van der Waals surface area (Å²) in [6, 6.07) is 64.7. The Morgan fingerprint density at radius 3 is 1.95 bits per heavy atom. The Hall–Kier alpha value is -7.76. The van der Waals surface area contributed by atoms with Crippen LogP contribution in [-0.2, 0) is 0 Å². The number of aromatic nitrogens is 4. The van der Waals surface area contributed by atoms with Crippen molar-refractivity contribution < 1.29 is 4.42 Å². The minimum Gasteiger partial charge on any atom is -0.455 e. The average molecular weight is 727 g/mol. The summed E-state index contributed by atoms with van der Waals surface area (Å²) in [6.07, 6.45) is 0. The first-order chi connectivity index (χ1) is 28.3. The lowest BCUT2D eigenvalue weighted by atomic mass is 10.0. The Kier molecular flexibility index (Phi) is 6.10. The predicted octanol–water partition coefficient (Wildman–Crippen LogP) is 13.7. The van der Waals surface area contributed by atoms with Crippen LogP contribution in [0.2, 0.25) is 0 Å². The van der Waals surface area contributed by atoms with Gasteiger partial charge in [0.15, 0.2) is 0 Å². The van der Waals surface area contributed by atoms with Gasteiger partial charge < -0.3 is 8.98 Å². The van der Waals surface area contributed by atoms with Crippen molar-refractivity contribution in [1.29, 1.82) is 0 Å². The molecule has 0 saturated carbocycles. The first-order valence-electron chi connectivity index (χ1n) is 19.3. The molecule has 5 heteroatoms. The number of rotatable bonds is 3. The highest BCUT2D eigenvalue weighted by molar-refractivity contribution is 6.31. The van der Waals surface area contributed by atoms with E-state index in [1.165, 1.54) is 10.8 Å². The van der Waals surface area contributed by atoms with E-state index in [2.05, 4.69) is 185 Å². The van der Waals surface area contributed by atoms with E-state index >= 15 is 0 Å². The van der Waals surface area contributed by atoms with Gasteiger partial charge in [0.1, 0.15) is 11.2 Å². The highest BCUT2D eigenvalue weighted by Crippen LogP contribution is 2.46. The SMILES string of the molecule is c1ccc(-c2nc(-n3c4ccccc4c4c3ccc3c5c6oc7ccccc7c6ccc5n(-c5ccc6ccccc6c5)c34)nc3c2ccc2ccccc23)cc1. The highest BCUT2D eigenvalue weighted by Gasteiger charge is 2.25. The fourth-order valence-corrected chi connectivity index (χ4v) is 9.39. The molecule has 0 atom stereocenters. The predicted molar refractivity (Wildman–Crippen MR) is 236 cm³/mol. The van der Waals surface area contributed by atoms with Gasteiger partial charge in [-0.2, -0.15) is 0 Å². The molecule has 0 saturated heterocycles. The summed E-state index contributed by atoms with van der Waals surface area (Å²) < 4.78 is 11.5. The lowest BCUT2D eigenvalue weighted by Gasteiger charge is -2.13. The molecule has 5 nitrogen and oxygen atoms in total. The van der Waals surface area contributed by atoms with Crippen LogP contribution in [0.5, 0.6) is 0 Å². The molecule has 9 aromatic carbocycles. The molecule has 0 radical (unpaired) electrons. The number of furan rings is 1. The summed E-state index contributed by atoms with van der Waals surface area (Å²) in [5, 5.41) is 12.4. The van der Waals surface area contributed by atoms with Crippen LogP contribution in [0.4, 0.5) is 0 Å². The second-order valence-corrected chi connectivity index (χ2v) is 14.9. The molecule has 0 N–H and O–H groups in total. The molecule has 4 heterocycles. The summed E-state index contributed by atoms with van der Waals surface area (Å²) in [5.41, 5.74) is 10.1. The third-order valence-corrected chi connectivity index (χ3v) is 11.9. The van der Waals surface area contributed by atoms with Crippen LogP contribution < -0.4 is 0 Å². The maximum absolute atomic E-state index is 6.76. The Balaban J connectivity index is 1.21. The van der Waals surface area contributed by atoms with Crippen molar-refractivity contribution in [3.8, 4) is 22.9 Å². The van der Waals surface area contributed by atoms with Crippen molar-refractivity contribution in [2.75, 3.05) is 0 Å². The topological polar surface area (TPSA) is 48.8 Å². The molecule has 13 aromatic rings. The minimum absolute atomic E-state index is 0.635. The zero-order valence-corrected chi connectivity index (χ0v) is 30.5. The van der Waals surface area contributed by atoms with E-state index in [-0.39, 0.29) is 0 Å². The molecule has 57 heavy (non-hydrogen) atoms. The van der Waals surface area contributed by atoms with Gasteiger partial charge in [0, 0.05) is 49.0 Å². The molecule has 0 amide bonds. The van der Waals surface area contributed by atoms with Gasteiger partial charge in [0.2, 0.25) is 5.95 Å². The number of para-hydroxylation sites is 2. The zero-order valence-electron chi connectivity index (χ0n) is 30.5. The number of hydrogen-bond acceptors (Lipinski definition) is 3. The Labute approximate surface area is 325 Å². The van der Waals surface area contributed by atoms with Gasteiger partial charge in [-0.15, -0.1) is 0 Å². The van der Waals surface area contributed by atoms with Crippen molar-refractivity contribution >= 4 is 98.0 Å². The molecule has 0 fully saturated rings. The maximum Gasteiger partial charge on any atom is 0.235 e. The second kappa shape index (κ2) is 11.4. The van der Waals surface area contributed by atoms with Crippen molar-refractivity contribution in [3.63, 3.8) is 0 Å². The molecule has 0 aliphatic heterocycles. The van der Waals surface area contributed by atoms with E-state index in [0.717, 1.165) is 104 Å². The van der Waals surface area contributed by atoms with E-state index in [0.29, 0.717) is 5.95 Å². The summed E-state index contributed by atoms with van der Waals surface area (Å²) >= 11 is 0.